The van der Waals surface area contributed by atoms with E-state index >= 15 is 0 Å². The number of piperidine rings is 1. The van der Waals surface area contributed by atoms with Gasteiger partial charge in [0.25, 0.3) is 0 Å². The van der Waals surface area contributed by atoms with Gasteiger partial charge in [0.1, 0.15) is 6.61 Å². The van der Waals surface area contributed by atoms with E-state index in [0.717, 1.165) is 24.9 Å². The second-order valence-electron chi connectivity index (χ2n) is 6.87. The Hall–Kier alpha value is -2.04. The van der Waals surface area contributed by atoms with Crippen molar-refractivity contribution >= 4 is 12.0 Å². The van der Waals surface area contributed by atoms with Crippen molar-refractivity contribution in [2.24, 2.45) is 5.92 Å². The van der Waals surface area contributed by atoms with Crippen LogP contribution < -0.4 is 5.32 Å². The van der Waals surface area contributed by atoms with Crippen LogP contribution in [0.5, 0.6) is 0 Å². The van der Waals surface area contributed by atoms with Gasteiger partial charge in [-0.25, -0.2) is 4.79 Å². The molecule has 1 fully saturated rings. The van der Waals surface area contributed by atoms with Gasteiger partial charge in [-0.15, -0.1) is 0 Å². The number of nitrogens with zero attached hydrogens (tertiary/aromatic N) is 1. The summed E-state index contributed by atoms with van der Waals surface area (Å²) >= 11 is 0. The van der Waals surface area contributed by atoms with Gasteiger partial charge < -0.3 is 15.0 Å². The fourth-order valence-corrected chi connectivity index (χ4v) is 3.01. The molecule has 0 aliphatic carbocycles. The molecule has 5 nitrogen and oxygen atoms in total. The van der Waals surface area contributed by atoms with Gasteiger partial charge in [0, 0.05) is 25.0 Å². The maximum atomic E-state index is 12.2. The first kappa shape index (κ1) is 17.3. The Morgan fingerprint density at radius 3 is 2.74 bits per heavy atom. The molecule has 0 bridgehead atoms. The summed E-state index contributed by atoms with van der Waals surface area (Å²) in [5, 5.41) is 2.88. The molecule has 1 heterocycles. The highest BCUT2D eigenvalue weighted by Gasteiger charge is 2.33. The zero-order valence-corrected chi connectivity index (χ0v) is 14.2. The van der Waals surface area contributed by atoms with E-state index < -0.39 is 11.6 Å². The molecular formula is C18H26N2O3. The Bertz CT molecular complexity index is 542. The molecule has 0 aromatic heterocycles. The first-order valence-corrected chi connectivity index (χ1v) is 8.11. The predicted molar refractivity (Wildman–Crippen MR) is 88.8 cm³/mol. The SMILES string of the molecule is CN1CCC[C@H](CC(C)(C)NC(=O)OCc2ccccc2)C1=O. The minimum atomic E-state index is -0.480. The van der Waals surface area contributed by atoms with E-state index in [0.29, 0.717) is 6.42 Å². The zero-order valence-electron chi connectivity index (χ0n) is 14.2. The number of benzene rings is 1. The van der Waals surface area contributed by atoms with Crippen LogP contribution in [0, 0.1) is 5.92 Å². The van der Waals surface area contributed by atoms with Crippen molar-refractivity contribution in [2.75, 3.05) is 13.6 Å². The van der Waals surface area contributed by atoms with Crippen molar-refractivity contribution < 1.29 is 14.3 Å². The molecule has 0 unspecified atom stereocenters. The average molecular weight is 318 g/mol. The van der Waals surface area contributed by atoms with E-state index in [-0.39, 0.29) is 18.4 Å². The maximum absolute atomic E-state index is 12.2. The molecule has 126 valence electrons. The van der Waals surface area contributed by atoms with Gasteiger partial charge in [-0.2, -0.15) is 0 Å². The third kappa shape index (κ3) is 5.27. The van der Waals surface area contributed by atoms with E-state index in [9.17, 15) is 9.59 Å². The van der Waals surface area contributed by atoms with Crippen molar-refractivity contribution in [1.29, 1.82) is 0 Å². The number of ether oxygens (including phenoxy) is 1. The number of likely N-dealkylation sites (tertiary alicyclic amines) is 1. The Labute approximate surface area is 138 Å². The Morgan fingerprint density at radius 1 is 1.35 bits per heavy atom. The van der Waals surface area contributed by atoms with Gasteiger partial charge in [-0.1, -0.05) is 30.3 Å². The summed E-state index contributed by atoms with van der Waals surface area (Å²) in [5.74, 6) is 0.141. The van der Waals surface area contributed by atoms with Crippen molar-refractivity contribution in [3.05, 3.63) is 35.9 Å². The van der Waals surface area contributed by atoms with Crippen LogP contribution >= 0.6 is 0 Å². The quantitative estimate of drug-likeness (QED) is 0.908. The number of rotatable bonds is 5. The van der Waals surface area contributed by atoms with Gasteiger partial charge >= 0.3 is 6.09 Å². The van der Waals surface area contributed by atoms with Crippen LogP contribution in [-0.4, -0.2) is 36.0 Å². The summed E-state index contributed by atoms with van der Waals surface area (Å²) < 4.78 is 5.26. The number of carbonyl (C=O) groups is 2. The third-order valence-corrected chi connectivity index (χ3v) is 4.18. The monoisotopic (exact) mass is 318 g/mol. The van der Waals surface area contributed by atoms with Crippen LogP contribution in [0.2, 0.25) is 0 Å². The van der Waals surface area contributed by atoms with Crippen molar-refractivity contribution in [3.63, 3.8) is 0 Å². The fourth-order valence-electron chi connectivity index (χ4n) is 3.01. The van der Waals surface area contributed by atoms with Crippen LogP contribution in [0.15, 0.2) is 30.3 Å². The number of alkyl carbamates (subject to hydrolysis) is 1. The number of hydrogen-bond donors (Lipinski definition) is 1. The average Bonchev–Trinajstić information content (AvgIpc) is 2.50. The third-order valence-electron chi connectivity index (χ3n) is 4.18. The van der Waals surface area contributed by atoms with Gasteiger partial charge in [0.2, 0.25) is 5.91 Å². The summed E-state index contributed by atoms with van der Waals surface area (Å²) in [6.45, 7) is 4.92. The number of amides is 2. The van der Waals surface area contributed by atoms with Crippen molar-refractivity contribution in [3.8, 4) is 0 Å². The number of nitrogens with one attached hydrogen (secondary N) is 1. The minimum absolute atomic E-state index is 0.0295. The molecule has 1 aliphatic rings. The topological polar surface area (TPSA) is 58.6 Å². The Kier molecular flexibility index (Phi) is 5.64. The molecule has 2 rings (SSSR count). The van der Waals surface area contributed by atoms with Gasteiger partial charge in [0.15, 0.2) is 0 Å². The second kappa shape index (κ2) is 7.49. The Balaban J connectivity index is 1.82. The summed E-state index contributed by atoms with van der Waals surface area (Å²) in [6, 6.07) is 9.56. The normalized spacial score (nSPS) is 18.7. The molecule has 0 radical (unpaired) electrons. The molecule has 23 heavy (non-hydrogen) atoms. The van der Waals surface area contributed by atoms with Crippen LogP contribution in [0.25, 0.3) is 0 Å². The van der Waals surface area contributed by atoms with Gasteiger partial charge in [-0.05, 0) is 38.7 Å². The molecule has 5 heteroatoms. The zero-order chi connectivity index (χ0) is 16.9. The lowest BCUT2D eigenvalue weighted by Crippen LogP contribution is -2.48. The van der Waals surface area contributed by atoms with E-state index in [1.54, 1.807) is 4.90 Å². The maximum Gasteiger partial charge on any atom is 0.407 e. The molecule has 1 atom stereocenters. The van der Waals surface area contributed by atoms with E-state index in [2.05, 4.69) is 5.32 Å². The first-order valence-electron chi connectivity index (χ1n) is 8.11. The van der Waals surface area contributed by atoms with Gasteiger partial charge in [0.05, 0.1) is 0 Å². The highest BCUT2D eigenvalue weighted by molar-refractivity contribution is 5.79. The van der Waals surface area contributed by atoms with Crippen LogP contribution in [0.3, 0.4) is 0 Å². The smallest absolute Gasteiger partial charge is 0.407 e. The summed E-state index contributed by atoms with van der Waals surface area (Å²) in [7, 11) is 1.84. The molecule has 1 aliphatic heterocycles. The number of carbonyl (C=O) groups excluding carboxylic acids is 2. The largest absolute Gasteiger partial charge is 0.445 e. The minimum Gasteiger partial charge on any atom is -0.445 e. The van der Waals surface area contributed by atoms with E-state index in [4.69, 9.17) is 4.74 Å². The fraction of sp³-hybridized carbons (Fsp3) is 0.556. The lowest BCUT2D eigenvalue weighted by molar-refractivity contribution is -0.137. The molecule has 0 spiro atoms. The summed E-state index contributed by atoms with van der Waals surface area (Å²) in [4.78, 5) is 25.9. The van der Waals surface area contributed by atoms with Crippen LogP contribution in [0.1, 0.15) is 38.7 Å². The van der Waals surface area contributed by atoms with Crippen molar-refractivity contribution in [2.45, 2.75) is 45.3 Å². The highest BCUT2D eigenvalue weighted by Crippen LogP contribution is 2.26. The standard InChI is InChI=1S/C18H26N2O3/c1-18(2,12-15-10-7-11-20(3)16(15)21)19-17(22)23-13-14-8-5-4-6-9-14/h4-6,8-9,15H,7,10-13H2,1-3H3,(H,19,22)/t15-/m1/s1. The molecule has 1 saturated heterocycles. The molecule has 1 aromatic carbocycles. The number of hydrogen-bond acceptors (Lipinski definition) is 3. The lowest BCUT2D eigenvalue weighted by Gasteiger charge is -2.34. The molecule has 0 saturated carbocycles. The van der Waals surface area contributed by atoms with Crippen molar-refractivity contribution in [1.82, 2.24) is 10.2 Å². The second-order valence-corrected chi connectivity index (χ2v) is 6.87. The van der Waals surface area contributed by atoms with Gasteiger partial charge in [-0.3, -0.25) is 4.79 Å². The lowest BCUT2D eigenvalue weighted by atomic mass is 9.85. The summed E-state index contributed by atoms with van der Waals surface area (Å²) in [6.07, 6.45) is 2.07. The van der Waals surface area contributed by atoms with E-state index in [1.165, 1.54) is 0 Å². The summed E-state index contributed by atoms with van der Waals surface area (Å²) in [5.41, 5.74) is 0.469. The predicted octanol–water partition coefficient (Wildman–Crippen LogP) is 2.95. The first-order chi connectivity index (χ1) is 10.9. The molecule has 1 N–H and O–H groups in total. The Morgan fingerprint density at radius 2 is 2.04 bits per heavy atom. The van der Waals surface area contributed by atoms with Crippen LogP contribution in [-0.2, 0) is 16.1 Å². The highest BCUT2D eigenvalue weighted by atomic mass is 16.5. The van der Waals surface area contributed by atoms with Crippen LogP contribution in [0.4, 0.5) is 4.79 Å². The molecule has 1 aromatic rings. The molecule has 2 amide bonds. The molecular weight excluding hydrogens is 292 g/mol. The van der Waals surface area contributed by atoms with E-state index in [1.807, 2.05) is 51.2 Å².